The fraction of sp³-hybridized carbons (Fsp3) is 0.444. The van der Waals surface area contributed by atoms with Crippen molar-refractivity contribution in [3.05, 3.63) is 40.8 Å². The number of nitrogens with one attached hydrogen (secondary N) is 1. The van der Waals surface area contributed by atoms with Crippen LogP contribution in [0.4, 0.5) is 0 Å². The largest absolute Gasteiger partial charge is 0.441 e. The van der Waals surface area contributed by atoms with Crippen LogP contribution in [0.2, 0.25) is 0 Å². The normalized spacial score (nSPS) is 15.0. The summed E-state index contributed by atoms with van der Waals surface area (Å²) in [6.45, 7) is 0.504. The molecular weight excluding hydrogens is 441 g/mol. The van der Waals surface area contributed by atoms with Crippen LogP contribution in [-0.2, 0) is 11.2 Å². The molecular formula is C18H24BrCl2N3O2. The molecule has 1 aliphatic rings. The summed E-state index contributed by atoms with van der Waals surface area (Å²) < 4.78 is 6.73. The van der Waals surface area contributed by atoms with Crippen LogP contribution in [0.3, 0.4) is 0 Å². The van der Waals surface area contributed by atoms with Gasteiger partial charge in [-0.05, 0) is 18.9 Å². The first-order chi connectivity index (χ1) is 11.6. The second-order valence-corrected chi connectivity index (χ2v) is 7.19. The van der Waals surface area contributed by atoms with Crippen molar-refractivity contribution in [2.24, 2.45) is 5.73 Å². The van der Waals surface area contributed by atoms with Gasteiger partial charge in [0, 0.05) is 29.4 Å². The van der Waals surface area contributed by atoms with E-state index in [9.17, 15) is 4.79 Å². The summed E-state index contributed by atoms with van der Waals surface area (Å²) in [5, 5.41) is 3.12. The molecule has 1 fully saturated rings. The minimum absolute atomic E-state index is 0. The van der Waals surface area contributed by atoms with Crippen LogP contribution in [0.25, 0.3) is 11.3 Å². The predicted molar refractivity (Wildman–Crippen MR) is 111 cm³/mol. The van der Waals surface area contributed by atoms with Gasteiger partial charge >= 0.3 is 0 Å². The van der Waals surface area contributed by atoms with E-state index in [1.54, 1.807) is 6.20 Å². The summed E-state index contributed by atoms with van der Waals surface area (Å²) in [6, 6.07) is 7.82. The Hall–Kier alpha value is -1.08. The van der Waals surface area contributed by atoms with Gasteiger partial charge in [0.2, 0.25) is 5.91 Å². The number of oxazole rings is 1. The first-order valence-electron chi connectivity index (χ1n) is 8.33. The minimum Gasteiger partial charge on any atom is -0.441 e. The van der Waals surface area contributed by atoms with Crippen LogP contribution in [0.1, 0.15) is 38.0 Å². The SMILES string of the molecule is Cl.Cl.NCC1(NC(=O)CCc2ncc(-c3ccccc3Br)o2)CCCC1. The van der Waals surface area contributed by atoms with Crippen LogP contribution < -0.4 is 11.1 Å². The van der Waals surface area contributed by atoms with Crippen LogP contribution in [0.5, 0.6) is 0 Å². The number of carbonyl (C=O) groups excluding carboxylic acids is 1. The molecule has 144 valence electrons. The molecule has 1 heterocycles. The molecule has 0 atom stereocenters. The van der Waals surface area contributed by atoms with Gasteiger partial charge in [0.05, 0.1) is 11.7 Å². The minimum atomic E-state index is -0.201. The highest BCUT2D eigenvalue weighted by Gasteiger charge is 2.33. The maximum Gasteiger partial charge on any atom is 0.220 e. The summed E-state index contributed by atoms with van der Waals surface area (Å²) in [6.07, 6.45) is 6.75. The monoisotopic (exact) mass is 463 g/mol. The molecule has 0 unspecified atom stereocenters. The molecule has 3 N–H and O–H groups in total. The van der Waals surface area contributed by atoms with Crippen molar-refractivity contribution in [2.75, 3.05) is 6.54 Å². The lowest BCUT2D eigenvalue weighted by molar-refractivity contribution is -0.122. The van der Waals surface area contributed by atoms with E-state index in [0.717, 1.165) is 35.7 Å². The average molecular weight is 465 g/mol. The summed E-state index contributed by atoms with van der Waals surface area (Å²) in [4.78, 5) is 16.5. The Morgan fingerprint density at radius 1 is 1.27 bits per heavy atom. The Kier molecular flexibility index (Phi) is 9.10. The van der Waals surface area contributed by atoms with Gasteiger partial charge in [0.1, 0.15) is 0 Å². The maximum atomic E-state index is 12.2. The van der Waals surface area contributed by atoms with Gasteiger partial charge < -0.3 is 15.5 Å². The predicted octanol–water partition coefficient (Wildman–Crippen LogP) is 4.27. The van der Waals surface area contributed by atoms with Crippen molar-refractivity contribution in [3.63, 3.8) is 0 Å². The number of amides is 1. The number of aromatic nitrogens is 1. The second-order valence-electron chi connectivity index (χ2n) is 6.34. The van der Waals surface area contributed by atoms with Crippen molar-refractivity contribution in [3.8, 4) is 11.3 Å². The van der Waals surface area contributed by atoms with Crippen molar-refractivity contribution >= 4 is 46.7 Å². The van der Waals surface area contributed by atoms with Gasteiger partial charge in [-0.15, -0.1) is 24.8 Å². The summed E-state index contributed by atoms with van der Waals surface area (Å²) >= 11 is 3.50. The summed E-state index contributed by atoms with van der Waals surface area (Å²) in [5.74, 6) is 1.29. The van der Waals surface area contributed by atoms with Gasteiger partial charge in [-0.25, -0.2) is 4.98 Å². The van der Waals surface area contributed by atoms with Crippen molar-refractivity contribution < 1.29 is 9.21 Å². The quantitative estimate of drug-likeness (QED) is 0.668. The Morgan fingerprint density at radius 2 is 1.96 bits per heavy atom. The molecule has 0 spiro atoms. The van der Waals surface area contributed by atoms with Gasteiger partial charge in [0.15, 0.2) is 11.7 Å². The number of aryl methyl sites for hydroxylation is 1. The van der Waals surface area contributed by atoms with E-state index in [2.05, 4.69) is 26.2 Å². The van der Waals surface area contributed by atoms with Crippen molar-refractivity contribution in [1.82, 2.24) is 10.3 Å². The lowest BCUT2D eigenvalue weighted by Gasteiger charge is -2.28. The highest BCUT2D eigenvalue weighted by molar-refractivity contribution is 9.10. The third kappa shape index (κ3) is 5.46. The molecule has 0 saturated heterocycles. The second kappa shape index (κ2) is 10.3. The number of hydrogen-bond donors (Lipinski definition) is 2. The Morgan fingerprint density at radius 3 is 2.62 bits per heavy atom. The fourth-order valence-corrected chi connectivity index (χ4v) is 3.70. The molecule has 1 saturated carbocycles. The molecule has 3 rings (SSSR count). The molecule has 0 radical (unpaired) electrons. The smallest absolute Gasteiger partial charge is 0.220 e. The van der Waals surface area contributed by atoms with Crippen LogP contribution >= 0.6 is 40.7 Å². The number of carbonyl (C=O) groups is 1. The van der Waals surface area contributed by atoms with Gasteiger partial charge in [-0.2, -0.15) is 0 Å². The molecule has 1 aliphatic carbocycles. The van der Waals surface area contributed by atoms with E-state index >= 15 is 0 Å². The molecule has 0 bridgehead atoms. The number of rotatable bonds is 6. The van der Waals surface area contributed by atoms with E-state index in [1.807, 2.05) is 24.3 Å². The number of halogens is 3. The van der Waals surface area contributed by atoms with Gasteiger partial charge in [-0.1, -0.05) is 47.0 Å². The first-order valence-corrected chi connectivity index (χ1v) is 9.12. The number of benzene rings is 1. The molecule has 1 aromatic carbocycles. The van der Waals surface area contributed by atoms with Crippen LogP contribution in [0.15, 0.2) is 39.4 Å². The molecule has 1 aromatic heterocycles. The van der Waals surface area contributed by atoms with Gasteiger partial charge in [0.25, 0.3) is 0 Å². The third-order valence-corrected chi connectivity index (χ3v) is 5.31. The molecule has 8 heteroatoms. The number of hydrogen-bond acceptors (Lipinski definition) is 4. The zero-order valence-electron chi connectivity index (χ0n) is 14.4. The lowest BCUT2D eigenvalue weighted by Crippen LogP contribution is -2.51. The zero-order valence-corrected chi connectivity index (χ0v) is 17.6. The topological polar surface area (TPSA) is 81.1 Å². The maximum absolute atomic E-state index is 12.2. The Labute approximate surface area is 174 Å². The fourth-order valence-electron chi connectivity index (χ4n) is 3.22. The molecule has 5 nitrogen and oxygen atoms in total. The van der Waals surface area contributed by atoms with Crippen LogP contribution in [-0.4, -0.2) is 23.0 Å². The Bertz CT molecular complexity index is 718. The molecule has 26 heavy (non-hydrogen) atoms. The van der Waals surface area contributed by atoms with Gasteiger partial charge in [-0.3, -0.25) is 4.79 Å². The third-order valence-electron chi connectivity index (χ3n) is 4.61. The number of nitrogens with two attached hydrogens (primary N) is 1. The highest BCUT2D eigenvalue weighted by Crippen LogP contribution is 2.30. The van der Waals surface area contributed by atoms with E-state index in [0.29, 0.717) is 31.0 Å². The highest BCUT2D eigenvalue weighted by atomic mass is 79.9. The molecule has 0 aliphatic heterocycles. The number of nitrogens with zero attached hydrogens (tertiary/aromatic N) is 1. The van der Waals surface area contributed by atoms with E-state index in [1.165, 1.54) is 0 Å². The standard InChI is InChI=1S/C18H22BrN3O2.2ClH/c19-14-6-2-1-5-13(14)15-11-21-17(24-15)8-7-16(23)22-18(12-20)9-3-4-10-18;;/h1-2,5-6,11H,3-4,7-10,12,20H2,(H,22,23);2*1H. The first kappa shape index (κ1) is 23.0. The van der Waals surface area contributed by atoms with E-state index in [-0.39, 0.29) is 36.3 Å². The van der Waals surface area contributed by atoms with E-state index in [4.69, 9.17) is 10.2 Å². The van der Waals surface area contributed by atoms with E-state index < -0.39 is 0 Å². The summed E-state index contributed by atoms with van der Waals surface area (Å²) in [5.41, 5.74) is 6.61. The zero-order chi connectivity index (χ0) is 17.0. The van der Waals surface area contributed by atoms with Crippen molar-refractivity contribution in [1.29, 1.82) is 0 Å². The molecule has 2 aromatic rings. The van der Waals surface area contributed by atoms with Crippen molar-refractivity contribution in [2.45, 2.75) is 44.1 Å². The van der Waals surface area contributed by atoms with Crippen LogP contribution in [0, 0.1) is 0 Å². The summed E-state index contributed by atoms with van der Waals surface area (Å²) in [7, 11) is 0. The lowest BCUT2D eigenvalue weighted by atomic mass is 9.97. The average Bonchev–Trinajstić information content (AvgIpc) is 3.23. The molecule has 1 amide bonds. The Balaban J connectivity index is 0.00000169.